The number of aromatic hydroxyl groups is 1. The largest absolute Gasteiger partial charge is 0.505 e. The van der Waals surface area contributed by atoms with E-state index in [2.05, 4.69) is 9.98 Å². The summed E-state index contributed by atoms with van der Waals surface area (Å²) in [6.45, 7) is 3.37. The number of hydrogen-bond donors (Lipinski definition) is 2. The molecule has 22 heavy (non-hydrogen) atoms. The fourth-order valence-corrected chi connectivity index (χ4v) is 2.27. The lowest BCUT2D eigenvalue weighted by molar-refractivity contribution is 0.280. The molecule has 0 bridgehead atoms. The van der Waals surface area contributed by atoms with Gasteiger partial charge in [-0.15, -0.1) is 0 Å². The van der Waals surface area contributed by atoms with Crippen LogP contribution in [0.15, 0.2) is 29.4 Å². The van der Waals surface area contributed by atoms with Crippen molar-refractivity contribution < 1.29 is 10.2 Å². The summed E-state index contributed by atoms with van der Waals surface area (Å²) in [4.78, 5) is 8.43. The molecule has 0 saturated heterocycles. The van der Waals surface area contributed by atoms with Crippen LogP contribution in [0.2, 0.25) is 10.0 Å². The maximum absolute atomic E-state index is 10.1. The first kappa shape index (κ1) is 16.7. The van der Waals surface area contributed by atoms with E-state index in [0.29, 0.717) is 26.9 Å². The minimum Gasteiger partial charge on any atom is -0.505 e. The number of aliphatic imine (C=N–C) groups is 1. The van der Waals surface area contributed by atoms with E-state index in [1.54, 1.807) is 25.3 Å². The van der Waals surface area contributed by atoms with Gasteiger partial charge < -0.3 is 10.2 Å². The standard InChI is InChI=1S/C16H16Cl2N2O2/c1-9(11-3-4-14(17)15(18)5-11)20-7-13-12(8-21)6-19-10(2)16(13)22/h3-7,9,21-22H,8H2,1-2H3/t9-/m1/s1. The average molecular weight is 339 g/mol. The average Bonchev–Trinajstić information content (AvgIpc) is 2.51. The molecule has 0 amide bonds. The van der Waals surface area contributed by atoms with Gasteiger partial charge in [0.15, 0.2) is 0 Å². The summed E-state index contributed by atoms with van der Waals surface area (Å²) in [5, 5.41) is 20.4. The third kappa shape index (κ3) is 3.58. The molecule has 1 aromatic heterocycles. The maximum Gasteiger partial charge on any atom is 0.145 e. The van der Waals surface area contributed by atoms with Crippen LogP contribution in [0.1, 0.15) is 35.3 Å². The smallest absolute Gasteiger partial charge is 0.145 e. The molecule has 4 nitrogen and oxygen atoms in total. The first-order valence-corrected chi connectivity index (χ1v) is 7.46. The molecule has 0 spiro atoms. The Morgan fingerprint density at radius 1 is 1.32 bits per heavy atom. The molecule has 0 radical (unpaired) electrons. The van der Waals surface area contributed by atoms with Crippen molar-refractivity contribution in [1.82, 2.24) is 4.98 Å². The second kappa shape index (κ2) is 7.09. The van der Waals surface area contributed by atoms with E-state index in [9.17, 15) is 10.2 Å². The molecule has 2 N–H and O–H groups in total. The zero-order chi connectivity index (χ0) is 16.3. The highest BCUT2D eigenvalue weighted by Gasteiger charge is 2.11. The predicted molar refractivity (Wildman–Crippen MR) is 89.0 cm³/mol. The van der Waals surface area contributed by atoms with Gasteiger partial charge >= 0.3 is 0 Å². The van der Waals surface area contributed by atoms with Gasteiger partial charge in [-0.3, -0.25) is 9.98 Å². The van der Waals surface area contributed by atoms with Crippen LogP contribution in [0.5, 0.6) is 5.75 Å². The highest BCUT2D eigenvalue weighted by Crippen LogP contribution is 2.28. The number of aryl methyl sites for hydroxylation is 1. The van der Waals surface area contributed by atoms with Crippen LogP contribution in [0.3, 0.4) is 0 Å². The van der Waals surface area contributed by atoms with E-state index in [1.807, 2.05) is 13.0 Å². The molecule has 0 fully saturated rings. The fraction of sp³-hybridized carbons (Fsp3) is 0.250. The number of aliphatic hydroxyl groups excluding tert-OH is 1. The summed E-state index contributed by atoms with van der Waals surface area (Å²) in [7, 11) is 0. The molecule has 0 saturated carbocycles. The molecule has 2 aromatic rings. The lowest BCUT2D eigenvalue weighted by atomic mass is 10.1. The van der Waals surface area contributed by atoms with Gasteiger partial charge in [0.05, 0.1) is 28.4 Å². The number of benzene rings is 1. The fourth-order valence-electron chi connectivity index (χ4n) is 1.97. The molecule has 0 unspecified atom stereocenters. The van der Waals surface area contributed by atoms with Gasteiger partial charge in [-0.05, 0) is 31.5 Å². The van der Waals surface area contributed by atoms with Crippen molar-refractivity contribution in [2.24, 2.45) is 4.99 Å². The van der Waals surface area contributed by atoms with E-state index in [0.717, 1.165) is 5.56 Å². The summed E-state index contributed by atoms with van der Waals surface area (Å²) >= 11 is 11.9. The molecule has 1 heterocycles. The van der Waals surface area contributed by atoms with Gasteiger partial charge in [-0.25, -0.2) is 0 Å². The molecule has 0 aliphatic carbocycles. The number of nitrogens with zero attached hydrogens (tertiary/aromatic N) is 2. The zero-order valence-electron chi connectivity index (χ0n) is 12.2. The molecular formula is C16H16Cl2N2O2. The Hall–Kier alpha value is -1.62. The number of aliphatic hydroxyl groups is 1. The van der Waals surface area contributed by atoms with Crippen molar-refractivity contribution in [2.45, 2.75) is 26.5 Å². The monoisotopic (exact) mass is 338 g/mol. The van der Waals surface area contributed by atoms with Crippen molar-refractivity contribution in [3.63, 3.8) is 0 Å². The Bertz CT molecular complexity index is 718. The number of halogens is 2. The van der Waals surface area contributed by atoms with Crippen LogP contribution < -0.4 is 0 Å². The van der Waals surface area contributed by atoms with E-state index in [4.69, 9.17) is 23.2 Å². The van der Waals surface area contributed by atoms with Gasteiger partial charge in [-0.2, -0.15) is 0 Å². The predicted octanol–water partition coefficient (Wildman–Crippen LogP) is 4.07. The first-order valence-electron chi connectivity index (χ1n) is 6.70. The van der Waals surface area contributed by atoms with Gasteiger partial charge in [-0.1, -0.05) is 29.3 Å². The van der Waals surface area contributed by atoms with Crippen molar-refractivity contribution in [3.05, 3.63) is 56.8 Å². The summed E-state index contributed by atoms with van der Waals surface area (Å²) in [5.41, 5.74) is 2.39. The maximum atomic E-state index is 10.1. The Labute approximate surface area is 139 Å². The van der Waals surface area contributed by atoms with Gasteiger partial charge in [0.2, 0.25) is 0 Å². The van der Waals surface area contributed by atoms with Gasteiger partial charge in [0.25, 0.3) is 0 Å². The molecule has 0 aliphatic heterocycles. The number of hydrogen-bond acceptors (Lipinski definition) is 4. The third-order valence-electron chi connectivity index (χ3n) is 3.38. The lowest BCUT2D eigenvalue weighted by Gasteiger charge is -2.10. The van der Waals surface area contributed by atoms with Crippen molar-refractivity contribution in [2.75, 3.05) is 0 Å². The Morgan fingerprint density at radius 3 is 2.68 bits per heavy atom. The highest BCUT2D eigenvalue weighted by atomic mass is 35.5. The Morgan fingerprint density at radius 2 is 2.05 bits per heavy atom. The lowest BCUT2D eigenvalue weighted by Crippen LogP contribution is -1.99. The normalized spacial score (nSPS) is 12.8. The summed E-state index contributed by atoms with van der Waals surface area (Å²) in [5.74, 6) is 0.0247. The van der Waals surface area contributed by atoms with Crippen LogP contribution in [0.25, 0.3) is 0 Å². The molecule has 0 aliphatic rings. The highest BCUT2D eigenvalue weighted by molar-refractivity contribution is 6.42. The SMILES string of the molecule is Cc1ncc(CO)c(C=N[C@H](C)c2ccc(Cl)c(Cl)c2)c1O. The topological polar surface area (TPSA) is 65.7 Å². The minimum absolute atomic E-state index is 0.0247. The second-order valence-corrected chi connectivity index (χ2v) is 5.73. The third-order valence-corrected chi connectivity index (χ3v) is 4.12. The number of rotatable bonds is 4. The van der Waals surface area contributed by atoms with E-state index >= 15 is 0 Å². The zero-order valence-corrected chi connectivity index (χ0v) is 13.7. The van der Waals surface area contributed by atoms with Gasteiger partial charge in [0, 0.05) is 23.5 Å². The summed E-state index contributed by atoms with van der Waals surface area (Å²) in [6.07, 6.45) is 3.07. The van der Waals surface area contributed by atoms with Crippen molar-refractivity contribution in [3.8, 4) is 5.75 Å². The molecule has 1 aromatic carbocycles. The number of aromatic nitrogens is 1. The van der Waals surface area contributed by atoms with E-state index < -0.39 is 0 Å². The first-order chi connectivity index (χ1) is 10.4. The van der Waals surface area contributed by atoms with Gasteiger partial charge in [0.1, 0.15) is 5.75 Å². The van der Waals surface area contributed by atoms with Crippen LogP contribution in [-0.2, 0) is 6.61 Å². The molecule has 116 valence electrons. The molecular weight excluding hydrogens is 323 g/mol. The van der Waals surface area contributed by atoms with Crippen molar-refractivity contribution in [1.29, 1.82) is 0 Å². The van der Waals surface area contributed by atoms with Crippen LogP contribution in [0, 0.1) is 6.92 Å². The summed E-state index contributed by atoms with van der Waals surface area (Å²) < 4.78 is 0. The van der Waals surface area contributed by atoms with Crippen LogP contribution in [0.4, 0.5) is 0 Å². The van der Waals surface area contributed by atoms with Crippen LogP contribution in [-0.4, -0.2) is 21.4 Å². The number of pyridine rings is 1. The quantitative estimate of drug-likeness (QED) is 0.825. The minimum atomic E-state index is -0.219. The molecule has 6 heteroatoms. The Kier molecular flexibility index (Phi) is 5.40. The second-order valence-electron chi connectivity index (χ2n) is 4.92. The molecule has 1 atom stereocenters. The Balaban J connectivity index is 2.31. The van der Waals surface area contributed by atoms with Crippen LogP contribution >= 0.6 is 23.2 Å². The van der Waals surface area contributed by atoms with E-state index in [1.165, 1.54) is 6.20 Å². The molecule has 2 rings (SSSR count). The van der Waals surface area contributed by atoms with E-state index in [-0.39, 0.29) is 18.4 Å². The van der Waals surface area contributed by atoms with Crippen molar-refractivity contribution >= 4 is 29.4 Å². The summed E-state index contributed by atoms with van der Waals surface area (Å²) in [6, 6.07) is 5.16.